The van der Waals surface area contributed by atoms with Crippen molar-refractivity contribution < 1.29 is 14.7 Å². The van der Waals surface area contributed by atoms with Crippen LogP contribution in [0.1, 0.15) is 37.7 Å². The lowest BCUT2D eigenvalue weighted by atomic mass is 10.1. The van der Waals surface area contributed by atoms with Crippen LogP contribution < -0.4 is 0 Å². The van der Waals surface area contributed by atoms with E-state index in [4.69, 9.17) is 22.6 Å². The number of hydrogen-bond acceptors (Lipinski definition) is 5. The van der Waals surface area contributed by atoms with Crippen LogP contribution in [0.2, 0.25) is 0 Å². The minimum atomic E-state index is -0.799. The van der Waals surface area contributed by atoms with E-state index in [0.29, 0.717) is 35.2 Å². The Bertz CT molecular complexity index is 1020. The average molecular weight is 428 g/mol. The van der Waals surface area contributed by atoms with Gasteiger partial charge in [0.2, 0.25) is 0 Å². The Labute approximate surface area is 178 Å². The first-order chi connectivity index (χ1) is 14.0. The fourth-order valence-corrected chi connectivity index (χ4v) is 4.60. The van der Waals surface area contributed by atoms with Gasteiger partial charge in [-0.1, -0.05) is 48.6 Å². The summed E-state index contributed by atoms with van der Waals surface area (Å²) in [7, 11) is 0. The van der Waals surface area contributed by atoms with Gasteiger partial charge in [0.1, 0.15) is 4.32 Å². The molecule has 1 fully saturated rings. The summed E-state index contributed by atoms with van der Waals surface area (Å²) in [5.41, 5.74) is 1.96. The van der Waals surface area contributed by atoms with E-state index in [1.807, 2.05) is 41.1 Å². The molecule has 1 aromatic heterocycles. The average Bonchev–Trinajstić information content (AvgIpc) is 3.18. The molecule has 6 nitrogen and oxygen atoms in total. The monoisotopic (exact) mass is 427 g/mol. The normalized spacial score (nSPS) is 15.4. The van der Waals surface area contributed by atoms with Crippen molar-refractivity contribution in [2.75, 3.05) is 6.54 Å². The Morgan fingerprint density at radius 1 is 1.24 bits per heavy atom. The topological polar surface area (TPSA) is 86.3 Å². The first-order valence-electron chi connectivity index (χ1n) is 9.43. The summed E-state index contributed by atoms with van der Waals surface area (Å²) in [5.74, 6) is -0.903. The highest BCUT2D eigenvalue weighted by Crippen LogP contribution is 2.34. The number of benzene rings is 1. The minimum absolute atomic E-state index is 0.105. The number of unbranched alkanes of at least 4 members (excludes halogenated alkanes) is 2. The van der Waals surface area contributed by atoms with Crippen LogP contribution in [0, 0.1) is 11.3 Å². The molecule has 150 valence electrons. The Morgan fingerprint density at radius 2 is 2.03 bits per heavy atom. The van der Waals surface area contributed by atoms with Crippen molar-refractivity contribution in [1.29, 1.82) is 5.26 Å². The van der Waals surface area contributed by atoms with Crippen LogP contribution in [-0.2, 0) is 16.1 Å². The molecule has 1 amide bonds. The minimum Gasteiger partial charge on any atom is -0.481 e. The second-order valence-electron chi connectivity index (χ2n) is 6.74. The van der Waals surface area contributed by atoms with Gasteiger partial charge >= 0.3 is 5.97 Å². The van der Waals surface area contributed by atoms with Gasteiger partial charge in [0.15, 0.2) is 0 Å². The van der Waals surface area contributed by atoms with Crippen molar-refractivity contribution in [2.24, 2.45) is 0 Å². The van der Waals surface area contributed by atoms with Crippen LogP contribution >= 0.6 is 24.0 Å². The molecule has 0 spiro atoms. The number of carbonyl (C=O) groups is 2. The summed E-state index contributed by atoms with van der Waals surface area (Å²) in [6.45, 7) is 1.10. The van der Waals surface area contributed by atoms with Crippen LogP contribution in [0.3, 0.4) is 0 Å². The van der Waals surface area contributed by atoms with E-state index in [9.17, 15) is 9.59 Å². The van der Waals surface area contributed by atoms with Crippen molar-refractivity contribution in [3.8, 4) is 6.07 Å². The number of aromatic nitrogens is 1. The van der Waals surface area contributed by atoms with Gasteiger partial charge in [-0.3, -0.25) is 14.5 Å². The highest BCUT2D eigenvalue weighted by molar-refractivity contribution is 8.26. The first kappa shape index (κ1) is 21.1. The predicted octanol–water partition coefficient (Wildman–Crippen LogP) is 4.40. The van der Waals surface area contributed by atoms with E-state index in [1.54, 1.807) is 4.90 Å². The number of para-hydroxylation sites is 1. The molecule has 2 heterocycles. The smallest absolute Gasteiger partial charge is 0.303 e. The zero-order valence-corrected chi connectivity index (χ0v) is 17.5. The lowest BCUT2D eigenvalue weighted by Crippen LogP contribution is -2.29. The molecule has 29 heavy (non-hydrogen) atoms. The third kappa shape index (κ3) is 5.05. The molecule has 0 saturated carbocycles. The number of aliphatic carboxylic acids is 1. The number of nitriles is 1. The summed E-state index contributed by atoms with van der Waals surface area (Å²) in [6, 6.07) is 10.1. The summed E-state index contributed by atoms with van der Waals surface area (Å²) in [4.78, 5) is 25.6. The molecule has 1 aliphatic rings. The number of carboxylic acids is 1. The van der Waals surface area contributed by atoms with Gasteiger partial charge in [0, 0.05) is 42.2 Å². The number of hydrogen-bond donors (Lipinski definition) is 1. The van der Waals surface area contributed by atoms with Crippen LogP contribution in [0.15, 0.2) is 35.4 Å². The maximum atomic E-state index is 12.8. The lowest BCUT2D eigenvalue weighted by molar-refractivity contribution is -0.137. The van der Waals surface area contributed by atoms with E-state index < -0.39 is 5.97 Å². The zero-order chi connectivity index (χ0) is 20.8. The van der Waals surface area contributed by atoms with E-state index >= 15 is 0 Å². The quantitative estimate of drug-likeness (QED) is 0.363. The summed E-state index contributed by atoms with van der Waals surface area (Å²) in [5, 5.41) is 18.6. The van der Waals surface area contributed by atoms with Gasteiger partial charge in [0.05, 0.1) is 17.4 Å². The molecule has 0 aliphatic carbocycles. The third-order valence-corrected chi connectivity index (χ3v) is 6.09. The fourth-order valence-electron chi connectivity index (χ4n) is 3.30. The summed E-state index contributed by atoms with van der Waals surface area (Å²) < 4.78 is 2.57. The largest absolute Gasteiger partial charge is 0.481 e. The number of carboxylic acid groups (broad SMARTS) is 1. The van der Waals surface area contributed by atoms with Gasteiger partial charge in [-0.2, -0.15) is 5.26 Å². The molecule has 1 saturated heterocycles. The predicted molar refractivity (Wildman–Crippen MR) is 118 cm³/mol. The van der Waals surface area contributed by atoms with Crippen LogP contribution in [0.25, 0.3) is 17.0 Å². The molecular weight excluding hydrogens is 406 g/mol. The molecule has 8 heteroatoms. The number of carbonyl (C=O) groups excluding carboxylic acids is 1. The summed E-state index contributed by atoms with van der Waals surface area (Å²) in [6.07, 6.45) is 6.48. The van der Waals surface area contributed by atoms with Gasteiger partial charge in [0.25, 0.3) is 5.91 Å². The van der Waals surface area contributed by atoms with Gasteiger partial charge in [-0.15, -0.1) is 0 Å². The highest BCUT2D eigenvalue weighted by atomic mass is 32.2. The van der Waals surface area contributed by atoms with Gasteiger partial charge in [-0.25, -0.2) is 0 Å². The number of nitrogens with zero attached hydrogens (tertiary/aromatic N) is 3. The number of rotatable bonds is 9. The molecule has 1 N–H and O–H groups in total. The fraction of sp³-hybridized carbons (Fsp3) is 0.333. The SMILES string of the molecule is N#CCCn1cc(/C=C2/SC(=S)N(CCCCCC(=O)O)C2=O)c2ccccc21. The van der Waals surface area contributed by atoms with Crippen molar-refractivity contribution in [3.05, 3.63) is 40.9 Å². The van der Waals surface area contributed by atoms with Gasteiger partial charge in [-0.05, 0) is 25.0 Å². The van der Waals surface area contributed by atoms with E-state index in [1.165, 1.54) is 11.8 Å². The van der Waals surface area contributed by atoms with Crippen LogP contribution in [-0.4, -0.2) is 37.3 Å². The highest BCUT2D eigenvalue weighted by Gasteiger charge is 2.31. The Kier molecular flexibility index (Phi) is 7.07. The molecule has 2 aromatic rings. The van der Waals surface area contributed by atoms with Gasteiger partial charge < -0.3 is 9.67 Å². The third-order valence-electron chi connectivity index (χ3n) is 4.72. The molecule has 0 unspecified atom stereocenters. The molecule has 3 rings (SSSR count). The number of amides is 1. The molecule has 0 radical (unpaired) electrons. The van der Waals surface area contributed by atoms with Crippen LogP contribution in [0.5, 0.6) is 0 Å². The van der Waals surface area contributed by atoms with Crippen molar-refractivity contribution in [2.45, 2.75) is 38.6 Å². The molecule has 1 aromatic carbocycles. The molecule has 0 atom stereocenters. The molecule has 1 aliphatic heterocycles. The Morgan fingerprint density at radius 3 is 2.79 bits per heavy atom. The Hall–Kier alpha value is -2.63. The van der Waals surface area contributed by atoms with Crippen molar-refractivity contribution in [3.63, 3.8) is 0 Å². The lowest BCUT2D eigenvalue weighted by Gasteiger charge is -2.13. The standard InChI is InChI=1S/C21H21N3O3S2/c22-10-6-11-23-14-15(16-7-3-4-8-17(16)23)13-18-20(27)24(21(28)29-18)12-5-1-2-9-19(25)26/h3-4,7-8,13-14H,1-2,5-6,9,11-12H2,(H,25,26)/b18-13+. The maximum absolute atomic E-state index is 12.8. The van der Waals surface area contributed by atoms with Crippen LogP contribution in [0.4, 0.5) is 0 Å². The number of thiocarbonyl (C=S) groups is 1. The molecular formula is C21H21N3O3S2. The van der Waals surface area contributed by atoms with E-state index in [-0.39, 0.29) is 12.3 Å². The second kappa shape index (κ2) is 9.72. The summed E-state index contributed by atoms with van der Waals surface area (Å²) >= 11 is 6.67. The Balaban J connectivity index is 1.74. The number of aryl methyl sites for hydroxylation is 1. The van der Waals surface area contributed by atoms with Crippen molar-refractivity contribution >= 4 is 57.2 Å². The number of thioether (sulfide) groups is 1. The molecule has 0 bridgehead atoms. The second-order valence-corrected chi connectivity index (χ2v) is 8.42. The van der Waals surface area contributed by atoms with E-state index in [2.05, 4.69) is 6.07 Å². The van der Waals surface area contributed by atoms with Crippen molar-refractivity contribution in [1.82, 2.24) is 9.47 Å². The maximum Gasteiger partial charge on any atom is 0.303 e. The first-order valence-corrected chi connectivity index (χ1v) is 10.7. The van der Waals surface area contributed by atoms with E-state index in [0.717, 1.165) is 29.3 Å². The number of fused-ring (bicyclic) bond motifs is 1. The zero-order valence-electron chi connectivity index (χ0n) is 15.8.